The number of ether oxygens (including phenoxy) is 2. The standard InChI is InChI=1S/C24H27NO2/c1-19(17-26-3)21-9-11-22(12-10-21)25(2)23-13-15-24(16-14-23)27-18-20-7-5-4-6-8-20/h4-16,19H,17-18H2,1-3H3. The van der Waals surface area contributed by atoms with Gasteiger partial charge in [-0.2, -0.15) is 0 Å². The highest BCUT2D eigenvalue weighted by Gasteiger charge is 2.08. The molecule has 140 valence electrons. The van der Waals surface area contributed by atoms with Crippen molar-refractivity contribution < 1.29 is 9.47 Å². The first-order valence-electron chi connectivity index (χ1n) is 9.27. The fraction of sp³-hybridized carbons (Fsp3) is 0.250. The zero-order chi connectivity index (χ0) is 19.1. The van der Waals surface area contributed by atoms with Gasteiger partial charge in [-0.15, -0.1) is 0 Å². The predicted molar refractivity (Wildman–Crippen MR) is 112 cm³/mol. The average molecular weight is 361 g/mol. The van der Waals surface area contributed by atoms with Gasteiger partial charge in [0.1, 0.15) is 12.4 Å². The van der Waals surface area contributed by atoms with E-state index in [1.165, 1.54) is 11.1 Å². The zero-order valence-corrected chi connectivity index (χ0v) is 16.3. The first-order chi connectivity index (χ1) is 13.2. The van der Waals surface area contributed by atoms with Crippen molar-refractivity contribution in [2.75, 3.05) is 25.7 Å². The maximum Gasteiger partial charge on any atom is 0.119 e. The van der Waals surface area contributed by atoms with Gasteiger partial charge in [0, 0.05) is 31.5 Å². The molecule has 3 aromatic carbocycles. The number of hydrogen-bond donors (Lipinski definition) is 0. The van der Waals surface area contributed by atoms with Crippen LogP contribution in [-0.2, 0) is 11.3 Å². The third kappa shape index (κ3) is 5.11. The van der Waals surface area contributed by atoms with Gasteiger partial charge in [0.25, 0.3) is 0 Å². The largest absolute Gasteiger partial charge is 0.489 e. The van der Waals surface area contributed by atoms with Crippen LogP contribution in [0.25, 0.3) is 0 Å². The highest BCUT2D eigenvalue weighted by molar-refractivity contribution is 5.63. The molecule has 1 unspecified atom stereocenters. The van der Waals surface area contributed by atoms with Crippen molar-refractivity contribution in [1.29, 1.82) is 0 Å². The van der Waals surface area contributed by atoms with Crippen molar-refractivity contribution in [1.82, 2.24) is 0 Å². The van der Waals surface area contributed by atoms with Crippen LogP contribution in [-0.4, -0.2) is 20.8 Å². The Kier molecular flexibility index (Phi) is 6.50. The number of nitrogens with zero attached hydrogens (tertiary/aromatic N) is 1. The molecule has 3 aromatic rings. The lowest BCUT2D eigenvalue weighted by Crippen LogP contribution is -2.09. The zero-order valence-electron chi connectivity index (χ0n) is 16.3. The summed E-state index contributed by atoms with van der Waals surface area (Å²) in [6.07, 6.45) is 0. The molecule has 0 radical (unpaired) electrons. The highest BCUT2D eigenvalue weighted by Crippen LogP contribution is 2.27. The molecule has 0 bridgehead atoms. The van der Waals surface area contributed by atoms with E-state index >= 15 is 0 Å². The Bertz CT molecular complexity index is 813. The van der Waals surface area contributed by atoms with Gasteiger partial charge >= 0.3 is 0 Å². The second kappa shape index (κ2) is 9.24. The summed E-state index contributed by atoms with van der Waals surface area (Å²) < 4.78 is 11.1. The minimum absolute atomic E-state index is 0.399. The molecule has 0 saturated carbocycles. The minimum atomic E-state index is 0.399. The third-order valence-corrected chi connectivity index (χ3v) is 4.74. The second-order valence-corrected chi connectivity index (χ2v) is 6.78. The van der Waals surface area contributed by atoms with Crippen molar-refractivity contribution in [2.24, 2.45) is 0 Å². The van der Waals surface area contributed by atoms with E-state index in [1.807, 2.05) is 30.3 Å². The molecule has 0 N–H and O–H groups in total. The Labute approximate surface area is 162 Å². The van der Waals surface area contributed by atoms with E-state index in [0.29, 0.717) is 12.5 Å². The van der Waals surface area contributed by atoms with Gasteiger partial charge in [0.05, 0.1) is 6.61 Å². The molecule has 0 heterocycles. The lowest BCUT2D eigenvalue weighted by molar-refractivity contribution is 0.184. The lowest BCUT2D eigenvalue weighted by Gasteiger charge is -2.21. The summed E-state index contributed by atoms with van der Waals surface area (Å²) in [6.45, 7) is 3.49. The summed E-state index contributed by atoms with van der Waals surface area (Å²) in [6, 6.07) is 27.1. The molecule has 3 rings (SSSR count). The maximum atomic E-state index is 5.87. The molecule has 3 nitrogen and oxygen atoms in total. The normalized spacial score (nSPS) is 11.8. The summed E-state index contributed by atoms with van der Waals surface area (Å²) in [5.41, 5.74) is 4.74. The second-order valence-electron chi connectivity index (χ2n) is 6.78. The van der Waals surface area contributed by atoms with Gasteiger partial charge in [0.15, 0.2) is 0 Å². The van der Waals surface area contributed by atoms with Crippen molar-refractivity contribution in [3.05, 3.63) is 90.0 Å². The summed E-state index contributed by atoms with van der Waals surface area (Å²) in [5.74, 6) is 1.27. The van der Waals surface area contributed by atoms with E-state index in [2.05, 4.69) is 67.4 Å². The molecule has 27 heavy (non-hydrogen) atoms. The molecule has 3 heteroatoms. The summed E-state index contributed by atoms with van der Waals surface area (Å²) >= 11 is 0. The van der Waals surface area contributed by atoms with Crippen LogP contribution in [0.2, 0.25) is 0 Å². The Morgan fingerprint density at radius 1 is 0.815 bits per heavy atom. The van der Waals surface area contributed by atoms with Gasteiger partial charge in [0.2, 0.25) is 0 Å². The van der Waals surface area contributed by atoms with Crippen molar-refractivity contribution in [3.63, 3.8) is 0 Å². The molecule has 0 aliphatic rings. The van der Waals surface area contributed by atoms with E-state index in [4.69, 9.17) is 9.47 Å². The lowest BCUT2D eigenvalue weighted by atomic mass is 10.0. The molecule has 0 fully saturated rings. The molecular formula is C24H27NO2. The Balaban J connectivity index is 1.62. The molecule has 0 spiro atoms. The molecule has 0 aliphatic carbocycles. The summed E-state index contributed by atoms with van der Waals surface area (Å²) in [4.78, 5) is 2.17. The van der Waals surface area contributed by atoms with Crippen LogP contribution < -0.4 is 9.64 Å². The van der Waals surface area contributed by atoms with Crippen LogP contribution >= 0.6 is 0 Å². The number of benzene rings is 3. The smallest absolute Gasteiger partial charge is 0.119 e. The molecular weight excluding hydrogens is 334 g/mol. The fourth-order valence-electron chi connectivity index (χ4n) is 3.03. The van der Waals surface area contributed by atoms with E-state index in [0.717, 1.165) is 23.7 Å². The van der Waals surface area contributed by atoms with Crippen LogP contribution in [0.5, 0.6) is 5.75 Å². The number of hydrogen-bond acceptors (Lipinski definition) is 3. The topological polar surface area (TPSA) is 21.7 Å². The molecule has 0 saturated heterocycles. The van der Waals surface area contributed by atoms with E-state index in [9.17, 15) is 0 Å². The fourth-order valence-corrected chi connectivity index (χ4v) is 3.03. The van der Waals surface area contributed by atoms with Crippen LogP contribution in [0.15, 0.2) is 78.9 Å². The quantitative estimate of drug-likeness (QED) is 0.507. The number of anilines is 2. The maximum absolute atomic E-state index is 5.87. The van der Waals surface area contributed by atoms with Gasteiger partial charge < -0.3 is 14.4 Å². The first kappa shape index (κ1) is 19.0. The predicted octanol–water partition coefficient (Wildman–Crippen LogP) is 5.78. The van der Waals surface area contributed by atoms with Crippen LogP contribution in [0.1, 0.15) is 24.0 Å². The average Bonchev–Trinajstić information content (AvgIpc) is 2.73. The van der Waals surface area contributed by atoms with E-state index in [1.54, 1.807) is 7.11 Å². The van der Waals surface area contributed by atoms with Crippen LogP contribution in [0.4, 0.5) is 11.4 Å². The number of rotatable bonds is 8. The number of methoxy groups -OCH3 is 1. The van der Waals surface area contributed by atoms with E-state index < -0.39 is 0 Å². The molecule has 0 amide bonds. The first-order valence-corrected chi connectivity index (χ1v) is 9.27. The van der Waals surface area contributed by atoms with Gasteiger partial charge in [-0.1, -0.05) is 49.4 Å². The Morgan fingerprint density at radius 3 is 2.00 bits per heavy atom. The van der Waals surface area contributed by atoms with Crippen LogP contribution in [0.3, 0.4) is 0 Å². The summed E-state index contributed by atoms with van der Waals surface area (Å²) in [7, 11) is 3.82. The van der Waals surface area contributed by atoms with Crippen molar-refractivity contribution in [3.8, 4) is 5.75 Å². The van der Waals surface area contributed by atoms with Crippen molar-refractivity contribution in [2.45, 2.75) is 19.4 Å². The Hall–Kier alpha value is -2.78. The van der Waals surface area contributed by atoms with Crippen molar-refractivity contribution >= 4 is 11.4 Å². The molecule has 0 aliphatic heterocycles. The van der Waals surface area contributed by atoms with E-state index in [-0.39, 0.29) is 0 Å². The minimum Gasteiger partial charge on any atom is -0.489 e. The van der Waals surface area contributed by atoms with Gasteiger partial charge in [-0.05, 0) is 47.5 Å². The molecule has 1 atom stereocenters. The van der Waals surface area contributed by atoms with Gasteiger partial charge in [-0.25, -0.2) is 0 Å². The monoisotopic (exact) mass is 361 g/mol. The van der Waals surface area contributed by atoms with Crippen LogP contribution in [0, 0.1) is 0 Å². The molecule has 0 aromatic heterocycles. The van der Waals surface area contributed by atoms with Gasteiger partial charge in [-0.3, -0.25) is 0 Å². The highest BCUT2D eigenvalue weighted by atomic mass is 16.5. The third-order valence-electron chi connectivity index (χ3n) is 4.74. The Morgan fingerprint density at radius 2 is 1.41 bits per heavy atom. The summed E-state index contributed by atoms with van der Waals surface area (Å²) in [5, 5.41) is 0. The SMILES string of the molecule is COCC(C)c1ccc(N(C)c2ccc(OCc3ccccc3)cc2)cc1.